The molecule has 0 unspecified atom stereocenters. The first-order valence-electron chi connectivity index (χ1n) is 4.70. The van der Waals surface area contributed by atoms with Crippen LogP contribution in [0.1, 0.15) is 24.0 Å². The molecule has 1 aromatic rings. The first-order chi connectivity index (χ1) is 6.57. The van der Waals surface area contributed by atoms with Crippen molar-refractivity contribution in [3.63, 3.8) is 0 Å². The Morgan fingerprint density at radius 2 is 2.07 bits per heavy atom. The highest BCUT2D eigenvalue weighted by Crippen LogP contribution is 2.48. The smallest absolute Gasteiger partial charge is 0.126 e. The molecule has 1 aromatic carbocycles. The molecular weight excluding hydrogens is 198 g/mol. The van der Waals surface area contributed by atoms with E-state index in [-0.39, 0.29) is 5.54 Å². The standard InChI is InChI=1S/C11H14ClNO/c1-7-5-8(12)6-9(10(7)14-2)11(13)3-4-11/h5-6H,3-4,13H2,1-2H3. The highest BCUT2D eigenvalue weighted by atomic mass is 35.5. The molecule has 0 heterocycles. The molecule has 0 radical (unpaired) electrons. The summed E-state index contributed by atoms with van der Waals surface area (Å²) in [6.07, 6.45) is 2.03. The third-order valence-corrected chi connectivity index (χ3v) is 2.99. The van der Waals surface area contributed by atoms with Gasteiger partial charge in [-0.1, -0.05) is 11.6 Å². The predicted molar refractivity (Wildman–Crippen MR) is 57.8 cm³/mol. The van der Waals surface area contributed by atoms with E-state index in [4.69, 9.17) is 22.1 Å². The highest BCUT2D eigenvalue weighted by Gasteiger charge is 2.42. The Morgan fingerprint density at radius 3 is 2.57 bits per heavy atom. The van der Waals surface area contributed by atoms with E-state index in [1.807, 2.05) is 19.1 Å². The monoisotopic (exact) mass is 211 g/mol. The number of methoxy groups -OCH3 is 1. The van der Waals surface area contributed by atoms with E-state index in [2.05, 4.69) is 0 Å². The Morgan fingerprint density at radius 1 is 1.43 bits per heavy atom. The first kappa shape index (κ1) is 9.81. The van der Waals surface area contributed by atoms with Crippen LogP contribution in [0.4, 0.5) is 0 Å². The number of nitrogens with two attached hydrogens (primary N) is 1. The molecule has 0 saturated heterocycles. The minimum absolute atomic E-state index is 0.193. The molecule has 0 bridgehead atoms. The van der Waals surface area contributed by atoms with Gasteiger partial charge in [0, 0.05) is 16.1 Å². The van der Waals surface area contributed by atoms with Crippen LogP contribution in [0.2, 0.25) is 5.02 Å². The molecule has 76 valence electrons. The lowest BCUT2D eigenvalue weighted by Gasteiger charge is -2.16. The lowest BCUT2D eigenvalue weighted by molar-refractivity contribution is 0.401. The Balaban J connectivity index is 2.56. The van der Waals surface area contributed by atoms with Crippen LogP contribution < -0.4 is 10.5 Å². The van der Waals surface area contributed by atoms with E-state index in [1.165, 1.54) is 0 Å². The van der Waals surface area contributed by atoms with Gasteiger partial charge in [-0.3, -0.25) is 0 Å². The van der Waals surface area contributed by atoms with Gasteiger partial charge in [0.25, 0.3) is 0 Å². The fraction of sp³-hybridized carbons (Fsp3) is 0.455. The molecule has 0 spiro atoms. The van der Waals surface area contributed by atoms with E-state index >= 15 is 0 Å². The average molecular weight is 212 g/mol. The third-order valence-electron chi connectivity index (χ3n) is 2.77. The van der Waals surface area contributed by atoms with E-state index in [0.717, 1.165) is 34.7 Å². The number of halogens is 1. The molecule has 0 aromatic heterocycles. The highest BCUT2D eigenvalue weighted by molar-refractivity contribution is 6.30. The van der Waals surface area contributed by atoms with Crippen LogP contribution in [0, 0.1) is 6.92 Å². The zero-order valence-electron chi connectivity index (χ0n) is 8.43. The third kappa shape index (κ3) is 1.49. The zero-order chi connectivity index (χ0) is 10.3. The zero-order valence-corrected chi connectivity index (χ0v) is 9.19. The molecular formula is C11H14ClNO. The van der Waals surface area contributed by atoms with Gasteiger partial charge < -0.3 is 10.5 Å². The van der Waals surface area contributed by atoms with Gasteiger partial charge in [0.1, 0.15) is 5.75 Å². The van der Waals surface area contributed by atoms with E-state index in [0.29, 0.717) is 0 Å². The molecule has 1 saturated carbocycles. The Kier molecular flexibility index (Phi) is 2.20. The van der Waals surface area contributed by atoms with Crippen LogP contribution in [0.25, 0.3) is 0 Å². The Labute approximate surface area is 89.0 Å². The molecule has 2 nitrogen and oxygen atoms in total. The number of hydrogen-bond acceptors (Lipinski definition) is 2. The summed E-state index contributed by atoms with van der Waals surface area (Å²) in [5, 5.41) is 0.732. The molecule has 3 heteroatoms. The van der Waals surface area contributed by atoms with E-state index in [9.17, 15) is 0 Å². The van der Waals surface area contributed by atoms with Gasteiger partial charge in [-0.15, -0.1) is 0 Å². The minimum Gasteiger partial charge on any atom is -0.496 e. The molecule has 0 amide bonds. The fourth-order valence-corrected chi connectivity index (χ4v) is 2.05. The summed E-state index contributed by atoms with van der Waals surface area (Å²) >= 11 is 6.00. The van der Waals surface area contributed by atoms with Crippen molar-refractivity contribution in [1.29, 1.82) is 0 Å². The van der Waals surface area contributed by atoms with Gasteiger partial charge in [0.15, 0.2) is 0 Å². The van der Waals surface area contributed by atoms with Crippen molar-refractivity contribution in [2.45, 2.75) is 25.3 Å². The van der Waals surface area contributed by atoms with Gasteiger partial charge in [-0.05, 0) is 37.5 Å². The molecule has 2 N–H and O–H groups in total. The molecule has 0 atom stereocenters. The number of benzene rings is 1. The van der Waals surface area contributed by atoms with Crippen LogP contribution >= 0.6 is 11.6 Å². The van der Waals surface area contributed by atoms with Crippen molar-refractivity contribution < 1.29 is 4.74 Å². The van der Waals surface area contributed by atoms with Gasteiger partial charge in [-0.2, -0.15) is 0 Å². The maximum absolute atomic E-state index is 6.14. The van der Waals surface area contributed by atoms with Crippen molar-refractivity contribution in [1.82, 2.24) is 0 Å². The Hall–Kier alpha value is -0.730. The van der Waals surface area contributed by atoms with Crippen molar-refractivity contribution in [2.75, 3.05) is 7.11 Å². The maximum Gasteiger partial charge on any atom is 0.126 e. The second kappa shape index (κ2) is 3.14. The molecule has 1 fully saturated rings. The summed E-state index contributed by atoms with van der Waals surface area (Å²) < 4.78 is 5.36. The maximum atomic E-state index is 6.14. The summed E-state index contributed by atoms with van der Waals surface area (Å²) in [5.74, 6) is 0.884. The summed E-state index contributed by atoms with van der Waals surface area (Å²) in [6.45, 7) is 1.99. The molecule has 1 aliphatic rings. The van der Waals surface area contributed by atoms with Crippen LogP contribution in [0.15, 0.2) is 12.1 Å². The van der Waals surface area contributed by atoms with Crippen LogP contribution in [0.3, 0.4) is 0 Å². The molecule has 1 aliphatic carbocycles. The van der Waals surface area contributed by atoms with Crippen LogP contribution in [0.5, 0.6) is 5.75 Å². The topological polar surface area (TPSA) is 35.2 Å². The van der Waals surface area contributed by atoms with Gasteiger partial charge in [0.2, 0.25) is 0 Å². The number of aryl methyl sites for hydroxylation is 1. The normalized spacial score (nSPS) is 18.0. The van der Waals surface area contributed by atoms with Crippen molar-refractivity contribution in [3.05, 3.63) is 28.3 Å². The first-order valence-corrected chi connectivity index (χ1v) is 5.08. The van der Waals surface area contributed by atoms with E-state index in [1.54, 1.807) is 7.11 Å². The number of ether oxygens (including phenoxy) is 1. The largest absolute Gasteiger partial charge is 0.496 e. The quantitative estimate of drug-likeness (QED) is 0.816. The second-order valence-electron chi connectivity index (χ2n) is 3.96. The summed E-state index contributed by atoms with van der Waals surface area (Å²) in [5.41, 5.74) is 8.04. The fourth-order valence-electron chi connectivity index (χ4n) is 1.77. The van der Waals surface area contributed by atoms with Gasteiger partial charge in [-0.25, -0.2) is 0 Å². The van der Waals surface area contributed by atoms with Crippen LogP contribution in [-0.2, 0) is 5.54 Å². The van der Waals surface area contributed by atoms with Crippen LogP contribution in [-0.4, -0.2) is 7.11 Å². The van der Waals surface area contributed by atoms with Crippen molar-refractivity contribution >= 4 is 11.6 Å². The Bertz CT molecular complexity index is 372. The van der Waals surface area contributed by atoms with Gasteiger partial charge in [0.05, 0.1) is 7.11 Å². The average Bonchev–Trinajstić information content (AvgIpc) is 2.84. The molecule has 2 rings (SSSR count). The molecule has 0 aliphatic heterocycles. The van der Waals surface area contributed by atoms with Crippen molar-refractivity contribution in [2.24, 2.45) is 5.73 Å². The summed E-state index contributed by atoms with van der Waals surface area (Å²) in [6, 6.07) is 3.82. The SMILES string of the molecule is COc1c(C)cc(Cl)cc1C1(N)CC1. The van der Waals surface area contributed by atoms with Gasteiger partial charge >= 0.3 is 0 Å². The minimum atomic E-state index is -0.193. The second-order valence-corrected chi connectivity index (χ2v) is 4.40. The number of hydrogen-bond donors (Lipinski definition) is 1. The summed E-state index contributed by atoms with van der Waals surface area (Å²) in [7, 11) is 1.67. The number of rotatable bonds is 2. The molecule has 14 heavy (non-hydrogen) atoms. The summed E-state index contributed by atoms with van der Waals surface area (Å²) in [4.78, 5) is 0. The van der Waals surface area contributed by atoms with Crippen molar-refractivity contribution in [3.8, 4) is 5.75 Å². The lowest BCUT2D eigenvalue weighted by atomic mass is 10.0. The lowest BCUT2D eigenvalue weighted by Crippen LogP contribution is -2.20. The van der Waals surface area contributed by atoms with E-state index < -0.39 is 0 Å². The predicted octanol–water partition coefficient (Wildman–Crippen LogP) is 2.60.